The molecular weight excluding hydrogens is 194 g/mol. The molecule has 0 heterocycles. The van der Waals surface area contributed by atoms with Crippen molar-refractivity contribution in [3.8, 4) is 11.5 Å². The van der Waals surface area contributed by atoms with E-state index in [0.717, 1.165) is 0 Å². The number of nitrogens with one attached hydrogen (secondary N) is 1. The number of rotatable bonds is 4. The molecule has 0 aromatic heterocycles. The molecule has 1 rings (SSSR count). The molecule has 5 nitrogen and oxygen atoms in total. The first-order valence-corrected chi connectivity index (χ1v) is 4.27. The Morgan fingerprint density at radius 2 is 2.13 bits per heavy atom. The smallest absolute Gasteiger partial charge is 0.131 e. The minimum absolute atomic E-state index is 0.192. The van der Waals surface area contributed by atoms with Crippen LogP contribution in [0.25, 0.3) is 0 Å². The third-order valence-corrected chi connectivity index (χ3v) is 1.90. The molecule has 0 aliphatic carbocycles. The molecule has 15 heavy (non-hydrogen) atoms. The Hall–Kier alpha value is -2.04. The zero-order valence-electron chi connectivity index (χ0n) is 8.65. The maximum atomic E-state index is 7.65. The predicted molar refractivity (Wildman–Crippen MR) is 59.1 cm³/mol. The van der Waals surface area contributed by atoms with E-state index >= 15 is 0 Å². The summed E-state index contributed by atoms with van der Waals surface area (Å²) in [5, 5.41) is 10.9. The third-order valence-electron chi connectivity index (χ3n) is 1.90. The van der Waals surface area contributed by atoms with E-state index in [2.05, 4.69) is 5.10 Å². The summed E-state index contributed by atoms with van der Waals surface area (Å²) >= 11 is 0. The van der Waals surface area contributed by atoms with Crippen LogP contribution >= 0.6 is 0 Å². The summed E-state index contributed by atoms with van der Waals surface area (Å²) in [7, 11) is 3.10. The van der Waals surface area contributed by atoms with Crippen LogP contribution in [0.3, 0.4) is 0 Å². The van der Waals surface area contributed by atoms with Gasteiger partial charge in [-0.1, -0.05) is 0 Å². The number of hydrazone groups is 1. The highest BCUT2D eigenvalue weighted by atomic mass is 16.5. The van der Waals surface area contributed by atoms with E-state index in [0.29, 0.717) is 17.1 Å². The quantitative estimate of drug-likeness (QED) is 0.439. The molecule has 0 amide bonds. The fourth-order valence-electron chi connectivity index (χ4n) is 1.17. The normalized spacial score (nSPS) is 10.3. The van der Waals surface area contributed by atoms with Crippen LogP contribution in [-0.2, 0) is 0 Å². The van der Waals surface area contributed by atoms with Crippen LogP contribution in [0.2, 0.25) is 0 Å². The fraction of sp³-hybridized carbons (Fsp3) is 0.200. The van der Waals surface area contributed by atoms with Crippen molar-refractivity contribution in [1.82, 2.24) is 0 Å². The Bertz CT molecular complexity index is 388. The van der Waals surface area contributed by atoms with Crippen LogP contribution < -0.4 is 15.3 Å². The lowest BCUT2D eigenvalue weighted by atomic mass is 10.1. The second-order valence-electron chi connectivity index (χ2n) is 2.76. The highest BCUT2D eigenvalue weighted by Crippen LogP contribution is 2.24. The molecule has 3 N–H and O–H groups in total. The lowest BCUT2D eigenvalue weighted by molar-refractivity contribution is 0.394. The predicted octanol–water partition coefficient (Wildman–Crippen LogP) is 1.02. The minimum Gasteiger partial charge on any atom is -0.497 e. The van der Waals surface area contributed by atoms with Gasteiger partial charge in [-0.2, -0.15) is 5.10 Å². The summed E-state index contributed by atoms with van der Waals surface area (Å²) in [6.07, 6.45) is 1.25. The molecule has 1 aromatic carbocycles. The van der Waals surface area contributed by atoms with E-state index < -0.39 is 0 Å². The molecule has 0 aliphatic rings. The van der Waals surface area contributed by atoms with Crippen molar-refractivity contribution in [3.63, 3.8) is 0 Å². The molecule has 0 spiro atoms. The van der Waals surface area contributed by atoms with E-state index in [1.807, 2.05) is 0 Å². The number of hydrogen-bond acceptors (Lipinski definition) is 5. The van der Waals surface area contributed by atoms with E-state index in [-0.39, 0.29) is 5.71 Å². The number of hydrogen-bond donors (Lipinski definition) is 2. The highest BCUT2D eigenvalue weighted by Gasteiger charge is 2.08. The van der Waals surface area contributed by atoms with Crippen LogP contribution in [-0.4, -0.2) is 26.1 Å². The molecular formula is C10H13N3O2. The van der Waals surface area contributed by atoms with Crippen molar-refractivity contribution in [2.75, 3.05) is 14.2 Å². The summed E-state index contributed by atoms with van der Waals surface area (Å²) in [6.45, 7) is 0. The van der Waals surface area contributed by atoms with Gasteiger partial charge in [0.05, 0.1) is 26.1 Å². The standard InChI is InChI=1S/C10H13N3O2/c1-14-7-3-4-8(9(11)6-13-12)10(5-7)15-2/h3-6,11H,12H2,1-2H3/b11-9?,13-6-. The zero-order chi connectivity index (χ0) is 11.3. The second-order valence-corrected chi connectivity index (χ2v) is 2.76. The Morgan fingerprint density at radius 1 is 1.40 bits per heavy atom. The van der Waals surface area contributed by atoms with E-state index in [9.17, 15) is 0 Å². The molecule has 0 unspecified atom stereocenters. The van der Waals surface area contributed by atoms with Crippen LogP contribution in [0.1, 0.15) is 5.56 Å². The number of nitrogens with zero attached hydrogens (tertiary/aromatic N) is 1. The average molecular weight is 207 g/mol. The summed E-state index contributed by atoms with van der Waals surface area (Å²) in [5.41, 5.74) is 0.810. The summed E-state index contributed by atoms with van der Waals surface area (Å²) in [4.78, 5) is 0. The van der Waals surface area contributed by atoms with Gasteiger partial charge in [0, 0.05) is 11.6 Å². The van der Waals surface area contributed by atoms with Gasteiger partial charge in [0.15, 0.2) is 0 Å². The van der Waals surface area contributed by atoms with E-state index in [1.54, 1.807) is 25.3 Å². The number of ether oxygens (including phenoxy) is 2. The Kier molecular flexibility index (Phi) is 3.68. The second kappa shape index (κ2) is 4.99. The molecule has 5 heteroatoms. The van der Waals surface area contributed by atoms with Crippen molar-refractivity contribution >= 4 is 11.9 Å². The fourth-order valence-corrected chi connectivity index (χ4v) is 1.17. The number of nitrogens with two attached hydrogens (primary N) is 1. The lowest BCUT2D eigenvalue weighted by Crippen LogP contribution is -2.05. The first-order chi connectivity index (χ1) is 7.22. The average Bonchev–Trinajstić information content (AvgIpc) is 2.28. The maximum Gasteiger partial charge on any atom is 0.131 e. The van der Waals surface area contributed by atoms with Crippen LogP contribution in [0, 0.1) is 5.41 Å². The zero-order valence-corrected chi connectivity index (χ0v) is 8.65. The Labute approximate surface area is 88.0 Å². The first kappa shape index (κ1) is 11.0. The largest absolute Gasteiger partial charge is 0.497 e. The first-order valence-electron chi connectivity index (χ1n) is 4.27. The molecule has 0 saturated heterocycles. The molecule has 0 atom stereocenters. The van der Waals surface area contributed by atoms with Crippen molar-refractivity contribution in [3.05, 3.63) is 23.8 Å². The van der Waals surface area contributed by atoms with Gasteiger partial charge in [-0.3, -0.25) is 5.41 Å². The van der Waals surface area contributed by atoms with Gasteiger partial charge in [0.2, 0.25) is 0 Å². The maximum absolute atomic E-state index is 7.65. The number of methoxy groups -OCH3 is 2. The summed E-state index contributed by atoms with van der Waals surface area (Å²) in [5.74, 6) is 6.21. The molecule has 0 aliphatic heterocycles. The SMILES string of the molecule is COc1ccc(C(=N)/C=N\N)c(OC)c1. The van der Waals surface area contributed by atoms with Crippen LogP contribution in [0.5, 0.6) is 11.5 Å². The summed E-state index contributed by atoms with van der Waals surface area (Å²) in [6, 6.07) is 5.17. The topological polar surface area (TPSA) is 80.7 Å². The Balaban J connectivity index is 3.12. The van der Waals surface area contributed by atoms with Gasteiger partial charge >= 0.3 is 0 Å². The molecule has 0 bridgehead atoms. The summed E-state index contributed by atoms with van der Waals surface area (Å²) < 4.78 is 10.2. The molecule has 80 valence electrons. The van der Waals surface area contributed by atoms with Gasteiger partial charge in [0.25, 0.3) is 0 Å². The van der Waals surface area contributed by atoms with Gasteiger partial charge in [-0.05, 0) is 12.1 Å². The van der Waals surface area contributed by atoms with Crippen molar-refractivity contribution in [1.29, 1.82) is 5.41 Å². The van der Waals surface area contributed by atoms with Crippen LogP contribution in [0.15, 0.2) is 23.3 Å². The molecule has 1 aromatic rings. The lowest BCUT2D eigenvalue weighted by Gasteiger charge is -2.08. The Morgan fingerprint density at radius 3 is 2.67 bits per heavy atom. The molecule has 0 saturated carbocycles. The number of benzene rings is 1. The van der Waals surface area contributed by atoms with Gasteiger partial charge in [0.1, 0.15) is 11.5 Å². The van der Waals surface area contributed by atoms with Crippen molar-refractivity contribution < 1.29 is 9.47 Å². The molecule has 0 radical (unpaired) electrons. The third kappa shape index (κ3) is 2.46. The van der Waals surface area contributed by atoms with Gasteiger partial charge in [-0.25, -0.2) is 0 Å². The van der Waals surface area contributed by atoms with Gasteiger partial charge in [-0.15, -0.1) is 0 Å². The van der Waals surface area contributed by atoms with E-state index in [4.69, 9.17) is 20.7 Å². The van der Waals surface area contributed by atoms with Crippen LogP contribution in [0.4, 0.5) is 0 Å². The minimum atomic E-state index is 0.192. The highest BCUT2D eigenvalue weighted by molar-refractivity contribution is 6.37. The van der Waals surface area contributed by atoms with E-state index in [1.165, 1.54) is 13.3 Å². The van der Waals surface area contributed by atoms with Crippen molar-refractivity contribution in [2.45, 2.75) is 0 Å². The molecule has 0 fully saturated rings. The van der Waals surface area contributed by atoms with Gasteiger partial charge < -0.3 is 15.3 Å². The monoisotopic (exact) mass is 207 g/mol. The van der Waals surface area contributed by atoms with Crippen molar-refractivity contribution in [2.24, 2.45) is 10.9 Å².